The Morgan fingerprint density at radius 3 is 2.81 bits per heavy atom. The fourth-order valence-electron chi connectivity index (χ4n) is 2.57. The predicted molar refractivity (Wildman–Crippen MR) is 110 cm³/mol. The monoisotopic (exact) mass is 422 g/mol. The van der Waals surface area contributed by atoms with E-state index in [0.29, 0.717) is 27.0 Å². The highest BCUT2D eigenvalue weighted by Gasteiger charge is 2.15. The van der Waals surface area contributed by atoms with Crippen LogP contribution in [-0.4, -0.2) is 27.1 Å². The van der Waals surface area contributed by atoms with E-state index in [2.05, 4.69) is 10.3 Å². The van der Waals surface area contributed by atoms with Crippen LogP contribution in [0.1, 0.15) is 5.56 Å². The molecule has 1 unspecified atom stereocenters. The lowest BCUT2D eigenvalue weighted by Crippen LogP contribution is -2.19. The number of ether oxygens (including phenoxy) is 1. The van der Waals surface area contributed by atoms with Crippen LogP contribution in [-0.2, 0) is 22.2 Å². The van der Waals surface area contributed by atoms with E-state index in [4.69, 9.17) is 27.9 Å². The van der Waals surface area contributed by atoms with Crippen molar-refractivity contribution in [1.82, 2.24) is 4.98 Å². The Morgan fingerprint density at radius 1 is 1.22 bits per heavy atom. The number of amides is 1. The zero-order chi connectivity index (χ0) is 19.4. The maximum atomic E-state index is 11.9. The number of carbonyl (C=O) groups is 1. The van der Waals surface area contributed by atoms with Crippen LogP contribution in [0.25, 0.3) is 10.8 Å². The van der Waals surface area contributed by atoms with Gasteiger partial charge < -0.3 is 10.1 Å². The van der Waals surface area contributed by atoms with Gasteiger partial charge in [0.25, 0.3) is 0 Å². The second-order valence-corrected chi connectivity index (χ2v) is 8.02. The molecule has 27 heavy (non-hydrogen) atoms. The van der Waals surface area contributed by atoms with Gasteiger partial charge in [0.1, 0.15) is 18.1 Å². The summed E-state index contributed by atoms with van der Waals surface area (Å²) < 4.78 is 17.1. The average molecular weight is 423 g/mol. The molecule has 0 spiro atoms. The average Bonchev–Trinajstić information content (AvgIpc) is 2.63. The van der Waals surface area contributed by atoms with E-state index in [1.807, 2.05) is 24.3 Å². The smallest absolute Gasteiger partial charge is 0.237 e. The van der Waals surface area contributed by atoms with Gasteiger partial charge in [0, 0.05) is 50.8 Å². The highest BCUT2D eigenvalue weighted by Crippen LogP contribution is 2.33. The van der Waals surface area contributed by atoms with Crippen LogP contribution < -0.4 is 10.1 Å². The lowest BCUT2D eigenvalue weighted by molar-refractivity contribution is -0.113. The summed E-state index contributed by atoms with van der Waals surface area (Å²) in [5.74, 6) is 0.195. The fourth-order valence-corrected chi connectivity index (χ4v) is 3.53. The first-order chi connectivity index (χ1) is 13.0. The highest BCUT2D eigenvalue weighted by molar-refractivity contribution is 7.85. The topological polar surface area (TPSA) is 68.3 Å². The number of nitrogens with zero attached hydrogens (tertiary/aromatic N) is 1. The van der Waals surface area contributed by atoms with E-state index in [9.17, 15) is 9.00 Å². The number of nitrogens with one attached hydrogen (secondary N) is 1. The van der Waals surface area contributed by atoms with Gasteiger partial charge in [-0.1, -0.05) is 35.3 Å². The molecule has 0 aliphatic rings. The van der Waals surface area contributed by atoms with Gasteiger partial charge in [-0.3, -0.25) is 14.0 Å². The molecule has 0 saturated heterocycles. The zero-order valence-corrected chi connectivity index (χ0v) is 16.7. The van der Waals surface area contributed by atoms with Gasteiger partial charge in [0.2, 0.25) is 5.91 Å². The second-order valence-electron chi connectivity index (χ2n) is 5.79. The van der Waals surface area contributed by atoms with Gasteiger partial charge in [-0.15, -0.1) is 0 Å². The number of rotatable bonds is 6. The van der Waals surface area contributed by atoms with Crippen LogP contribution in [0.15, 0.2) is 48.8 Å². The van der Waals surface area contributed by atoms with Crippen LogP contribution in [0.2, 0.25) is 10.0 Å². The van der Waals surface area contributed by atoms with E-state index in [-0.39, 0.29) is 18.3 Å². The molecule has 5 nitrogen and oxygen atoms in total. The van der Waals surface area contributed by atoms with E-state index in [1.54, 1.807) is 24.5 Å². The van der Waals surface area contributed by atoms with Crippen LogP contribution in [0.4, 0.5) is 5.69 Å². The number of fused-ring (bicyclic) bond motifs is 1. The summed E-state index contributed by atoms with van der Waals surface area (Å²) in [6.07, 6.45) is 4.92. The Kier molecular flexibility index (Phi) is 6.31. The van der Waals surface area contributed by atoms with Crippen LogP contribution >= 0.6 is 23.2 Å². The molecule has 1 amide bonds. The summed E-state index contributed by atoms with van der Waals surface area (Å²) >= 11 is 12.7. The van der Waals surface area contributed by atoms with Gasteiger partial charge in [0.15, 0.2) is 0 Å². The summed E-state index contributed by atoms with van der Waals surface area (Å²) in [6.45, 7) is 0.128. The molecule has 1 atom stereocenters. The number of carbonyl (C=O) groups excluding carboxylic acids is 1. The zero-order valence-electron chi connectivity index (χ0n) is 14.4. The molecule has 3 rings (SSSR count). The summed E-state index contributed by atoms with van der Waals surface area (Å²) in [7, 11) is -1.24. The van der Waals surface area contributed by atoms with Crippen molar-refractivity contribution in [2.75, 3.05) is 17.3 Å². The molecule has 8 heteroatoms. The molecule has 0 radical (unpaired) electrons. The van der Waals surface area contributed by atoms with Crippen molar-refractivity contribution in [1.29, 1.82) is 0 Å². The first-order valence-corrected chi connectivity index (χ1v) is 10.5. The highest BCUT2D eigenvalue weighted by atomic mass is 35.5. The molecule has 2 aromatic carbocycles. The minimum absolute atomic E-state index is 0.102. The fraction of sp³-hybridized carbons (Fsp3) is 0.158. The predicted octanol–water partition coefficient (Wildman–Crippen LogP) is 4.44. The summed E-state index contributed by atoms with van der Waals surface area (Å²) in [4.78, 5) is 16.0. The van der Waals surface area contributed by atoms with E-state index in [0.717, 1.165) is 10.8 Å². The van der Waals surface area contributed by atoms with Crippen molar-refractivity contribution >= 4 is 56.4 Å². The lowest BCUT2D eigenvalue weighted by Gasteiger charge is -2.14. The molecule has 3 aromatic rings. The molecule has 0 bridgehead atoms. The Balaban J connectivity index is 1.83. The van der Waals surface area contributed by atoms with Crippen LogP contribution in [0, 0.1) is 0 Å². The van der Waals surface area contributed by atoms with E-state index >= 15 is 0 Å². The van der Waals surface area contributed by atoms with E-state index in [1.165, 1.54) is 6.26 Å². The molecule has 0 fully saturated rings. The number of hydrogen-bond donors (Lipinski definition) is 1. The Hall–Kier alpha value is -2.15. The number of hydrogen-bond acceptors (Lipinski definition) is 4. The number of halogens is 2. The SMILES string of the molecule is CS(=O)CC(=O)Nc1ccc(Cl)c(COc2cccc3cnccc23)c1Cl. The van der Waals surface area contributed by atoms with Gasteiger partial charge in [-0.05, 0) is 24.3 Å². The van der Waals surface area contributed by atoms with Gasteiger partial charge >= 0.3 is 0 Å². The first-order valence-electron chi connectivity index (χ1n) is 7.98. The maximum Gasteiger partial charge on any atom is 0.237 e. The summed E-state index contributed by atoms with van der Waals surface area (Å²) in [6, 6.07) is 10.8. The Bertz CT molecular complexity index is 1020. The molecule has 0 saturated carbocycles. The first kappa shape index (κ1) is 19.6. The molecule has 0 aliphatic carbocycles. The van der Waals surface area contributed by atoms with Crippen molar-refractivity contribution in [3.8, 4) is 5.75 Å². The minimum Gasteiger partial charge on any atom is -0.488 e. The van der Waals surface area contributed by atoms with Crippen molar-refractivity contribution in [2.45, 2.75) is 6.61 Å². The largest absolute Gasteiger partial charge is 0.488 e. The normalized spacial score (nSPS) is 12.0. The molecule has 0 aliphatic heterocycles. The second kappa shape index (κ2) is 8.69. The molecular formula is C19H16Cl2N2O3S. The molecule has 1 aromatic heterocycles. The Morgan fingerprint density at radius 2 is 2.04 bits per heavy atom. The summed E-state index contributed by atoms with van der Waals surface area (Å²) in [5.41, 5.74) is 0.956. The van der Waals surface area contributed by atoms with Crippen molar-refractivity contribution < 1.29 is 13.7 Å². The quantitative estimate of drug-likeness (QED) is 0.637. The third kappa shape index (κ3) is 4.77. The van der Waals surface area contributed by atoms with Gasteiger partial charge in [-0.2, -0.15) is 0 Å². The van der Waals surface area contributed by atoms with Crippen LogP contribution in [0.5, 0.6) is 5.75 Å². The standard InChI is InChI=1S/C19H16Cl2N2O3S/c1-27(25)11-18(24)23-16-6-5-15(20)14(19(16)21)10-26-17-4-2-3-12-9-22-8-7-13(12)17/h2-9H,10-11H2,1H3,(H,23,24). The Labute approximate surface area is 169 Å². The number of benzene rings is 2. The lowest BCUT2D eigenvalue weighted by atomic mass is 10.1. The molecule has 1 N–H and O–H groups in total. The maximum absolute atomic E-state index is 11.9. The van der Waals surface area contributed by atoms with E-state index < -0.39 is 10.8 Å². The minimum atomic E-state index is -1.24. The number of anilines is 1. The molecular weight excluding hydrogens is 407 g/mol. The van der Waals surface area contributed by atoms with Crippen molar-refractivity contribution in [3.63, 3.8) is 0 Å². The third-order valence-electron chi connectivity index (χ3n) is 3.81. The van der Waals surface area contributed by atoms with Crippen molar-refractivity contribution in [3.05, 3.63) is 64.4 Å². The third-order valence-corrected chi connectivity index (χ3v) is 5.26. The van der Waals surface area contributed by atoms with Crippen molar-refractivity contribution in [2.24, 2.45) is 0 Å². The van der Waals surface area contributed by atoms with Crippen LogP contribution in [0.3, 0.4) is 0 Å². The number of aromatic nitrogens is 1. The number of pyridine rings is 1. The molecule has 1 heterocycles. The van der Waals surface area contributed by atoms with Gasteiger partial charge in [0.05, 0.1) is 10.7 Å². The summed E-state index contributed by atoms with van der Waals surface area (Å²) in [5, 5.41) is 5.26. The van der Waals surface area contributed by atoms with Gasteiger partial charge in [-0.25, -0.2) is 0 Å². The molecule has 140 valence electrons.